The largest absolute Gasteiger partial charge is 0.481 e. The van der Waals surface area contributed by atoms with Crippen LogP contribution in [-0.4, -0.2) is 11.1 Å². The van der Waals surface area contributed by atoms with Gasteiger partial charge in [-0.2, -0.15) is 0 Å². The summed E-state index contributed by atoms with van der Waals surface area (Å²) >= 11 is 5.78. The van der Waals surface area contributed by atoms with Gasteiger partial charge in [-0.3, -0.25) is 4.79 Å². The lowest BCUT2D eigenvalue weighted by Gasteiger charge is -2.11. The summed E-state index contributed by atoms with van der Waals surface area (Å²) in [7, 11) is 0. The average molecular weight is 251 g/mol. The van der Waals surface area contributed by atoms with E-state index in [1.807, 2.05) is 0 Å². The summed E-state index contributed by atoms with van der Waals surface area (Å²) in [4.78, 5) is 11.2. The van der Waals surface area contributed by atoms with Crippen LogP contribution in [0.3, 0.4) is 0 Å². The first-order valence-corrected chi connectivity index (χ1v) is 5.54. The minimum absolute atomic E-state index is 0.410. The second kappa shape index (κ2) is 5.06. The number of halogens is 1. The number of benzene rings is 1. The first-order chi connectivity index (χ1) is 8.16. The molecule has 88 valence electrons. The lowest BCUT2D eigenvalue weighted by atomic mass is 9.93. The van der Waals surface area contributed by atoms with E-state index in [4.69, 9.17) is 16.0 Å². The zero-order valence-electron chi connectivity index (χ0n) is 8.97. The molecule has 2 aromatic rings. The summed E-state index contributed by atoms with van der Waals surface area (Å²) in [6.45, 7) is 0. The minimum Gasteiger partial charge on any atom is -0.481 e. The van der Waals surface area contributed by atoms with Gasteiger partial charge in [0.05, 0.1) is 18.4 Å². The van der Waals surface area contributed by atoms with Crippen molar-refractivity contribution in [3.05, 3.63) is 59.0 Å². The van der Waals surface area contributed by atoms with Crippen molar-refractivity contribution in [2.75, 3.05) is 0 Å². The van der Waals surface area contributed by atoms with Crippen LogP contribution < -0.4 is 0 Å². The van der Waals surface area contributed by atoms with E-state index in [1.165, 1.54) is 6.26 Å². The Bertz CT molecular complexity index is 488. The Balaban J connectivity index is 2.23. The highest BCUT2D eigenvalue weighted by Crippen LogP contribution is 2.23. The van der Waals surface area contributed by atoms with Gasteiger partial charge in [0.25, 0.3) is 0 Å². The standard InChI is InChI=1S/C13H11ClO3/c14-11-3-1-10(2-4-11)12(13(15)16)7-9-5-6-17-8-9/h1-6,8,12H,7H2,(H,15,16). The average Bonchev–Trinajstić information content (AvgIpc) is 2.80. The molecule has 1 aromatic heterocycles. The highest BCUT2D eigenvalue weighted by atomic mass is 35.5. The molecule has 1 aromatic carbocycles. The van der Waals surface area contributed by atoms with Gasteiger partial charge in [-0.05, 0) is 35.7 Å². The van der Waals surface area contributed by atoms with Gasteiger partial charge in [0.2, 0.25) is 0 Å². The minimum atomic E-state index is -0.853. The van der Waals surface area contributed by atoms with Crippen molar-refractivity contribution in [2.24, 2.45) is 0 Å². The normalized spacial score (nSPS) is 12.3. The smallest absolute Gasteiger partial charge is 0.311 e. The third-order valence-electron chi connectivity index (χ3n) is 2.59. The van der Waals surface area contributed by atoms with E-state index in [9.17, 15) is 9.90 Å². The summed E-state index contributed by atoms with van der Waals surface area (Å²) in [6, 6.07) is 8.64. The molecule has 1 unspecified atom stereocenters. The number of rotatable bonds is 4. The number of carbonyl (C=O) groups is 1. The SMILES string of the molecule is O=C(O)C(Cc1ccoc1)c1ccc(Cl)cc1. The van der Waals surface area contributed by atoms with E-state index in [-0.39, 0.29) is 0 Å². The van der Waals surface area contributed by atoms with Gasteiger partial charge in [0, 0.05) is 5.02 Å². The van der Waals surface area contributed by atoms with Crippen molar-refractivity contribution in [1.29, 1.82) is 0 Å². The number of furan rings is 1. The number of carboxylic acid groups (broad SMARTS) is 1. The summed E-state index contributed by atoms with van der Waals surface area (Å²) < 4.78 is 4.94. The zero-order valence-corrected chi connectivity index (χ0v) is 9.72. The molecule has 0 aliphatic carbocycles. The second-order valence-corrected chi connectivity index (χ2v) is 4.21. The summed E-state index contributed by atoms with van der Waals surface area (Å²) in [5.41, 5.74) is 1.61. The number of aliphatic carboxylic acids is 1. The zero-order chi connectivity index (χ0) is 12.3. The Labute approximate surface area is 104 Å². The van der Waals surface area contributed by atoms with E-state index >= 15 is 0 Å². The number of hydrogen-bond donors (Lipinski definition) is 1. The van der Waals surface area contributed by atoms with E-state index in [1.54, 1.807) is 36.6 Å². The molecule has 0 aliphatic heterocycles. The van der Waals surface area contributed by atoms with E-state index in [0.29, 0.717) is 11.4 Å². The number of carboxylic acids is 1. The van der Waals surface area contributed by atoms with E-state index < -0.39 is 11.9 Å². The summed E-state index contributed by atoms with van der Waals surface area (Å²) in [5.74, 6) is -1.43. The highest BCUT2D eigenvalue weighted by molar-refractivity contribution is 6.30. The molecular weight excluding hydrogens is 240 g/mol. The van der Waals surface area contributed by atoms with E-state index in [2.05, 4.69) is 0 Å². The van der Waals surface area contributed by atoms with Gasteiger partial charge in [-0.1, -0.05) is 23.7 Å². The molecule has 1 atom stereocenters. The molecule has 0 fully saturated rings. The second-order valence-electron chi connectivity index (χ2n) is 3.78. The lowest BCUT2D eigenvalue weighted by molar-refractivity contribution is -0.138. The van der Waals surface area contributed by atoms with Crippen LogP contribution in [0, 0.1) is 0 Å². The van der Waals surface area contributed by atoms with Crippen LogP contribution in [0.15, 0.2) is 47.3 Å². The fourth-order valence-corrected chi connectivity index (χ4v) is 1.81. The van der Waals surface area contributed by atoms with Crippen molar-refractivity contribution in [3.8, 4) is 0 Å². The van der Waals surface area contributed by atoms with Crippen molar-refractivity contribution in [1.82, 2.24) is 0 Å². The summed E-state index contributed by atoms with van der Waals surface area (Å²) in [6.07, 6.45) is 3.51. The molecule has 1 N–H and O–H groups in total. The molecule has 0 spiro atoms. The lowest BCUT2D eigenvalue weighted by Crippen LogP contribution is -2.14. The fourth-order valence-electron chi connectivity index (χ4n) is 1.69. The Hall–Kier alpha value is -1.74. The molecule has 0 bridgehead atoms. The van der Waals surface area contributed by atoms with Crippen LogP contribution in [0.25, 0.3) is 0 Å². The molecule has 4 heteroatoms. The van der Waals surface area contributed by atoms with Crippen LogP contribution >= 0.6 is 11.6 Å². The predicted molar refractivity (Wildman–Crippen MR) is 64.2 cm³/mol. The van der Waals surface area contributed by atoms with E-state index in [0.717, 1.165) is 11.1 Å². The molecular formula is C13H11ClO3. The van der Waals surface area contributed by atoms with Crippen LogP contribution in [0.5, 0.6) is 0 Å². The number of hydrogen-bond acceptors (Lipinski definition) is 2. The molecule has 17 heavy (non-hydrogen) atoms. The maximum atomic E-state index is 11.2. The van der Waals surface area contributed by atoms with Crippen molar-refractivity contribution in [3.63, 3.8) is 0 Å². The predicted octanol–water partition coefficient (Wildman–Crippen LogP) is 3.34. The topological polar surface area (TPSA) is 50.4 Å². The molecule has 0 radical (unpaired) electrons. The van der Waals surface area contributed by atoms with Gasteiger partial charge in [0.15, 0.2) is 0 Å². The molecule has 0 saturated heterocycles. The third-order valence-corrected chi connectivity index (χ3v) is 2.84. The van der Waals surface area contributed by atoms with Gasteiger partial charge in [-0.15, -0.1) is 0 Å². The highest BCUT2D eigenvalue weighted by Gasteiger charge is 2.20. The van der Waals surface area contributed by atoms with Crippen LogP contribution in [0.4, 0.5) is 0 Å². The fraction of sp³-hybridized carbons (Fsp3) is 0.154. The molecule has 0 saturated carbocycles. The quantitative estimate of drug-likeness (QED) is 0.905. The van der Waals surface area contributed by atoms with Crippen LogP contribution in [0.1, 0.15) is 17.0 Å². The first kappa shape index (κ1) is 11.7. The molecule has 3 nitrogen and oxygen atoms in total. The van der Waals surface area contributed by atoms with Crippen molar-refractivity contribution < 1.29 is 14.3 Å². The maximum absolute atomic E-state index is 11.2. The Kier molecular flexibility index (Phi) is 3.49. The Morgan fingerprint density at radius 2 is 2.00 bits per heavy atom. The van der Waals surface area contributed by atoms with Crippen molar-refractivity contribution in [2.45, 2.75) is 12.3 Å². The maximum Gasteiger partial charge on any atom is 0.311 e. The van der Waals surface area contributed by atoms with Gasteiger partial charge in [-0.25, -0.2) is 0 Å². The van der Waals surface area contributed by atoms with Crippen LogP contribution in [-0.2, 0) is 11.2 Å². The molecule has 1 heterocycles. The monoisotopic (exact) mass is 250 g/mol. The molecule has 0 aliphatic rings. The van der Waals surface area contributed by atoms with Crippen molar-refractivity contribution >= 4 is 17.6 Å². The molecule has 0 amide bonds. The Morgan fingerprint density at radius 1 is 1.29 bits per heavy atom. The van der Waals surface area contributed by atoms with Gasteiger partial charge >= 0.3 is 5.97 Å². The Morgan fingerprint density at radius 3 is 2.53 bits per heavy atom. The summed E-state index contributed by atoms with van der Waals surface area (Å²) in [5, 5.41) is 9.83. The molecule has 2 rings (SSSR count). The van der Waals surface area contributed by atoms with Gasteiger partial charge in [0.1, 0.15) is 0 Å². The van der Waals surface area contributed by atoms with Gasteiger partial charge < -0.3 is 9.52 Å². The third kappa shape index (κ3) is 2.88. The van der Waals surface area contributed by atoms with Crippen LogP contribution in [0.2, 0.25) is 5.02 Å². The first-order valence-electron chi connectivity index (χ1n) is 5.16.